The first kappa shape index (κ1) is 22.6. The topological polar surface area (TPSA) is 92.8 Å². The third kappa shape index (κ3) is 7.25. The lowest BCUT2D eigenvalue weighted by molar-refractivity contribution is 0.0523. The number of morpholine rings is 1. The van der Waals surface area contributed by atoms with Gasteiger partial charge in [0.2, 0.25) is 0 Å². The minimum atomic E-state index is -0.537. The van der Waals surface area contributed by atoms with Crippen molar-refractivity contribution in [2.75, 3.05) is 31.2 Å². The van der Waals surface area contributed by atoms with E-state index in [2.05, 4.69) is 20.5 Å². The van der Waals surface area contributed by atoms with Crippen LogP contribution in [0.25, 0.3) is 0 Å². The molecule has 2 aromatic rings. The molecule has 2 amide bonds. The molecule has 0 unspecified atom stereocenters. The molecule has 1 aromatic heterocycles. The van der Waals surface area contributed by atoms with Gasteiger partial charge in [0.25, 0.3) is 5.91 Å². The molecule has 0 atom stereocenters. The zero-order valence-corrected chi connectivity index (χ0v) is 18.3. The SMILES string of the molecule is CC(C)(C)OC(=O)NCc1ccc(C(=O)NCc2ccc(N3CCOCC3)nc2)cc1. The van der Waals surface area contributed by atoms with Crippen LogP contribution in [0.5, 0.6) is 0 Å². The van der Waals surface area contributed by atoms with E-state index in [-0.39, 0.29) is 5.91 Å². The summed E-state index contributed by atoms with van der Waals surface area (Å²) in [5, 5.41) is 5.61. The maximum Gasteiger partial charge on any atom is 0.407 e. The lowest BCUT2D eigenvalue weighted by atomic mass is 10.1. The van der Waals surface area contributed by atoms with Gasteiger partial charge >= 0.3 is 6.09 Å². The lowest BCUT2D eigenvalue weighted by Gasteiger charge is -2.27. The minimum absolute atomic E-state index is 0.163. The number of carbonyl (C=O) groups is 2. The number of carbonyl (C=O) groups excluding carboxylic acids is 2. The summed E-state index contributed by atoms with van der Waals surface area (Å²) in [5.41, 5.74) is 1.83. The number of alkyl carbamates (subject to hydrolysis) is 1. The van der Waals surface area contributed by atoms with Gasteiger partial charge in [0.15, 0.2) is 0 Å². The molecule has 0 radical (unpaired) electrons. The fraction of sp³-hybridized carbons (Fsp3) is 0.435. The van der Waals surface area contributed by atoms with Gasteiger partial charge in [-0.25, -0.2) is 9.78 Å². The van der Waals surface area contributed by atoms with Gasteiger partial charge in [0.1, 0.15) is 11.4 Å². The average molecular weight is 427 g/mol. The van der Waals surface area contributed by atoms with Crippen LogP contribution in [0.1, 0.15) is 42.3 Å². The summed E-state index contributed by atoms with van der Waals surface area (Å²) < 4.78 is 10.6. The Morgan fingerprint density at radius 1 is 1.00 bits per heavy atom. The fourth-order valence-corrected chi connectivity index (χ4v) is 3.05. The zero-order valence-electron chi connectivity index (χ0n) is 18.3. The Balaban J connectivity index is 1.45. The van der Waals surface area contributed by atoms with Crippen LogP contribution < -0.4 is 15.5 Å². The molecule has 1 aromatic carbocycles. The van der Waals surface area contributed by atoms with Gasteiger partial charge in [0, 0.05) is 37.9 Å². The van der Waals surface area contributed by atoms with E-state index in [0.29, 0.717) is 18.7 Å². The number of pyridine rings is 1. The van der Waals surface area contributed by atoms with Gasteiger partial charge < -0.3 is 25.0 Å². The molecule has 31 heavy (non-hydrogen) atoms. The Morgan fingerprint density at radius 2 is 1.65 bits per heavy atom. The third-order valence-corrected chi connectivity index (χ3v) is 4.65. The number of anilines is 1. The summed E-state index contributed by atoms with van der Waals surface area (Å²) in [6.07, 6.45) is 1.32. The molecule has 1 aliphatic rings. The van der Waals surface area contributed by atoms with E-state index in [1.807, 2.05) is 45.0 Å². The standard InChI is InChI=1S/C23H30N4O4/c1-23(2,3)31-22(29)26-14-17-4-7-19(8-5-17)21(28)25-16-18-6-9-20(24-15-18)27-10-12-30-13-11-27/h4-9,15H,10-14,16H2,1-3H3,(H,25,28)(H,26,29). The van der Waals surface area contributed by atoms with Gasteiger partial charge in [-0.3, -0.25) is 4.79 Å². The molecular formula is C23H30N4O4. The van der Waals surface area contributed by atoms with E-state index in [4.69, 9.17) is 9.47 Å². The first-order valence-electron chi connectivity index (χ1n) is 10.4. The Hall–Kier alpha value is -3.13. The Kier molecular flexibility index (Phi) is 7.46. The Labute approximate surface area is 182 Å². The quantitative estimate of drug-likeness (QED) is 0.738. The van der Waals surface area contributed by atoms with Crippen LogP contribution in [0.4, 0.5) is 10.6 Å². The predicted octanol–water partition coefficient (Wildman–Crippen LogP) is 2.87. The molecule has 0 spiro atoms. The second-order valence-electron chi connectivity index (χ2n) is 8.36. The second kappa shape index (κ2) is 10.3. The van der Waals surface area contributed by atoms with Crippen molar-refractivity contribution in [1.29, 1.82) is 0 Å². The number of ether oxygens (including phenoxy) is 2. The molecule has 0 bridgehead atoms. The highest BCUT2D eigenvalue weighted by Crippen LogP contribution is 2.13. The number of amides is 2. The summed E-state index contributed by atoms with van der Waals surface area (Å²) >= 11 is 0. The van der Waals surface area contributed by atoms with Crippen molar-refractivity contribution >= 4 is 17.8 Å². The molecule has 3 rings (SSSR count). The molecule has 0 aliphatic carbocycles. The van der Waals surface area contributed by atoms with Gasteiger partial charge in [-0.05, 0) is 50.1 Å². The molecule has 2 heterocycles. The van der Waals surface area contributed by atoms with Crippen LogP contribution in [0.15, 0.2) is 42.6 Å². The summed E-state index contributed by atoms with van der Waals surface area (Å²) in [6.45, 7) is 9.29. The fourth-order valence-electron chi connectivity index (χ4n) is 3.05. The first-order valence-corrected chi connectivity index (χ1v) is 10.4. The Bertz CT molecular complexity index is 870. The van der Waals surface area contributed by atoms with Gasteiger partial charge in [-0.15, -0.1) is 0 Å². The summed E-state index contributed by atoms with van der Waals surface area (Å²) in [6, 6.07) is 11.0. The normalized spacial score (nSPS) is 14.1. The smallest absolute Gasteiger partial charge is 0.407 e. The van der Waals surface area contributed by atoms with Crippen molar-refractivity contribution < 1.29 is 19.1 Å². The Morgan fingerprint density at radius 3 is 2.26 bits per heavy atom. The predicted molar refractivity (Wildman–Crippen MR) is 118 cm³/mol. The maximum atomic E-state index is 12.4. The number of hydrogen-bond acceptors (Lipinski definition) is 6. The second-order valence-corrected chi connectivity index (χ2v) is 8.36. The van der Waals surface area contributed by atoms with Crippen molar-refractivity contribution in [3.63, 3.8) is 0 Å². The van der Waals surface area contributed by atoms with E-state index in [1.54, 1.807) is 18.3 Å². The molecule has 8 heteroatoms. The number of aromatic nitrogens is 1. The first-order chi connectivity index (χ1) is 14.8. The largest absolute Gasteiger partial charge is 0.444 e. The number of rotatable bonds is 6. The van der Waals surface area contributed by atoms with Crippen molar-refractivity contribution in [2.45, 2.75) is 39.5 Å². The lowest BCUT2D eigenvalue weighted by Crippen LogP contribution is -2.36. The van der Waals surface area contributed by atoms with Crippen LogP contribution in [0, 0.1) is 0 Å². The third-order valence-electron chi connectivity index (χ3n) is 4.65. The number of hydrogen-bond donors (Lipinski definition) is 2. The van der Waals surface area contributed by atoms with E-state index in [1.165, 1.54) is 0 Å². The molecule has 1 aliphatic heterocycles. The van der Waals surface area contributed by atoms with Crippen LogP contribution in [0.2, 0.25) is 0 Å². The van der Waals surface area contributed by atoms with Crippen LogP contribution in [-0.2, 0) is 22.6 Å². The number of nitrogens with one attached hydrogen (secondary N) is 2. The number of nitrogens with zero attached hydrogens (tertiary/aromatic N) is 2. The van der Waals surface area contributed by atoms with Gasteiger partial charge in [-0.1, -0.05) is 18.2 Å². The van der Waals surface area contributed by atoms with Crippen molar-refractivity contribution in [2.24, 2.45) is 0 Å². The minimum Gasteiger partial charge on any atom is -0.444 e. The molecule has 166 valence electrons. The van der Waals surface area contributed by atoms with Crippen molar-refractivity contribution in [1.82, 2.24) is 15.6 Å². The summed E-state index contributed by atoms with van der Waals surface area (Å²) in [7, 11) is 0. The van der Waals surface area contributed by atoms with E-state index >= 15 is 0 Å². The van der Waals surface area contributed by atoms with Crippen LogP contribution in [0.3, 0.4) is 0 Å². The average Bonchev–Trinajstić information content (AvgIpc) is 2.76. The van der Waals surface area contributed by atoms with Crippen molar-refractivity contribution in [3.05, 3.63) is 59.3 Å². The highest BCUT2D eigenvalue weighted by molar-refractivity contribution is 5.94. The summed E-state index contributed by atoms with van der Waals surface area (Å²) in [4.78, 5) is 30.8. The van der Waals surface area contributed by atoms with Crippen LogP contribution in [-0.4, -0.2) is 48.9 Å². The van der Waals surface area contributed by atoms with Gasteiger partial charge in [0.05, 0.1) is 13.2 Å². The monoisotopic (exact) mass is 426 g/mol. The molecule has 2 N–H and O–H groups in total. The molecule has 1 saturated heterocycles. The van der Waals surface area contributed by atoms with E-state index in [0.717, 1.165) is 43.2 Å². The molecule has 1 fully saturated rings. The van der Waals surface area contributed by atoms with E-state index in [9.17, 15) is 9.59 Å². The number of benzene rings is 1. The maximum absolute atomic E-state index is 12.4. The summed E-state index contributed by atoms with van der Waals surface area (Å²) in [5.74, 6) is 0.762. The van der Waals surface area contributed by atoms with Crippen LogP contribution >= 0.6 is 0 Å². The van der Waals surface area contributed by atoms with E-state index < -0.39 is 11.7 Å². The zero-order chi connectivity index (χ0) is 22.3. The molecule has 0 saturated carbocycles. The highest BCUT2D eigenvalue weighted by Gasteiger charge is 2.16. The van der Waals surface area contributed by atoms with Gasteiger partial charge in [-0.2, -0.15) is 0 Å². The molecular weight excluding hydrogens is 396 g/mol. The van der Waals surface area contributed by atoms with Crippen molar-refractivity contribution in [3.8, 4) is 0 Å². The molecule has 8 nitrogen and oxygen atoms in total. The highest BCUT2D eigenvalue weighted by atomic mass is 16.6.